The highest BCUT2D eigenvalue weighted by atomic mass is 35.5. The van der Waals surface area contributed by atoms with Crippen LogP contribution >= 0.6 is 46.4 Å². The number of likely N-dealkylation sites (tertiary alicyclic amines) is 1. The predicted molar refractivity (Wildman–Crippen MR) is 193 cm³/mol. The Balaban J connectivity index is 1.24. The summed E-state index contributed by atoms with van der Waals surface area (Å²) in [6, 6.07) is 16.4. The molecule has 3 amide bonds. The third kappa shape index (κ3) is 9.33. The summed E-state index contributed by atoms with van der Waals surface area (Å²) in [5.74, 6) is -0.455. The predicted octanol–water partition coefficient (Wildman–Crippen LogP) is 7.74. The van der Waals surface area contributed by atoms with Gasteiger partial charge in [-0.2, -0.15) is 0 Å². The average Bonchev–Trinajstić information content (AvgIpc) is 3.07. The van der Waals surface area contributed by atoms with Gasteiger partial charge in [-0.05, 0) is 80.3 Å². The molecule has 0 radical (unpaired) electrons. The fourth-order valence-electron chi connectivity index (χ4n) is 6.53. The summed E-state index contributed by atoms with van der Waals surface area (Å²) in [5.41, 5.74) is 2.88. The molecule has 0 bridgehead atoms. The molecule has 3 aromatic rings. The van der Waals surface area contributed by atoms with Crippen molar-refractivity contribution in [1.82, 2.24) is 24.6 Å². The van der Waals surface area contributed by atoms with E-state index in [1.165, 1.54) is 7.11 Å². The number of urea groups is 1. The summed E-state index contributed by atoms with van der Waals surface area (Å²) in [7, 11) is 3.20. The largest absolute Gasteiger partial charge is 0.399 e. The Labute approximate surface area is 302 Å². The van der Waals surface area contributed by atoms with Crippen molar-refractivity contribution in [2.75, 3.05) is 53.4 Å². The molecule has 0 N–H and O–H groups in total. The molecule has 13 heteroatoms. The first-order valence-electron chi connectivity index (χ1n) is 16.1. The van der Waals surface area contributed by atoms with E-state index in [0.717, 1.165) is 63.2 Å². The lowest BCUT2D eigenvalue weighted by atomic mass is 9.89. The van der Waals surface area contributed by atoms with Gasteiger partial charge >= 0.3 is 6.03 Å². The Hall–Kier alpha value is -3.08. The van der Waals surface area contributed by atoms with Crippen LogP contribution in [0.4, 0.5) is 4.79 Å². The number of amides is 3. The van der Waals surface area contributed by atoms with Crippen LogP contribution in [0.5, 0.6) is 0 Å². The summed E-state index contributed by atoms with van der Waals surface area (Å²) in [5, 5.41) is 6.08. The van der Waals surface area contributed by atoms with E-state index in [2.05, 4.69) is 19.9 Å². The molecule has 1 aromatic heterocycles. The topological polar surface area (TPSA) is 81.6 Å². The summed E-state index contributed by atoms with van der Waals surface area (Å²) in [6.07, 6.45) is 5.23. The number of piperidine rings is 1. The fourth-order valence-corrected chi connectivity index (χ4v) is 7.36. The van der Waals surface area contributed by atoms with E-state index in [1.807, 2.05) is 35.2 Å². The van der Waals surface area contributed by atoms with Crippen molar-refractivity contribution in [3.8, 4) is 0 Å². The van der Waals surface area contributed by atoms with E-state index in [-0.39, 0.29) is 30.4 Å². The number of carbonyl (C=O) groups excluding carboxylic acids is 2. The minimum Gasteiger partial charge on any atom is -0.399 e. The summed E-state index contributed by atoms with van der Waals surface area (Å²) in [4.78, 5) is 44.5. The van der Waals surface area contributed by atoms with E-state index >= 15 is 0 Å². The van der Waals surface area contributed by atoms with Gasteiger partial charge in [0, 0.05) is 67.0 Å². The Morgan fingerprint density at radius 1 is 1.00 bits per heavy atom. The highest BCUT2D eigenvalue weighted by molar-refractivity contribution is 6.42. The molecule has 2 saturated heterocycles. The summed E-state index contributed by atoms with van der Waals surface area (Å²) < 4.78 is 0. The molecular weight excluding hydrogens is 694 g/mol. The molecule has 0 aliphatic carbocycles. The first kappa shape index (κ1) is 36.2. The first-order chi connectivity index (χ1) is 23.1. The second-order valence-corrected chi connectivity index (χ2v) is 13.9. The SMILES string of the molecule is CO/N=C(\CN(C)C(=O)c1cc(Cl)cc(Cl)c1)C(CCN1CCC(N2CCCN(Cc3ccccn3)C2=O)CC1)c1ccc(Cl)c(Cl)c1. The lowest BCUT2D eigenvalue weighted by Crippen LogP contribution is -2.55. The maximum absolute atomic E-state index is 13.5. The highest BCUT2D eigenvalue weighted by Crippen LogP contribution is 2.31. The molecule has 0 spiro atoms. The maximum Gasteiger partial charge on any atom is 0.320 e. The second-order valence-electron chi connectivity index (χ2n) is 12.2. The second kappa shape index (κ2) is 17.0. The lowest BCUT2D eigenvalue weighted by Gasteiger charge is -2.43. The number of carbonyl (C=O) groups is 2. The minimum atomic E-state index is -0.246. The van der Waals surface area contributed by atoms with Crippen molar-refractivity contribution >= 4 is 64.1 Å². The number of nitrogens with zero attached hydrogens (tertiary/aromatic N) is 6. The molecule has 256 valence electrons. The van der Waals surface area contributed by atoms with Crippen LogP contribution < -0.4 is 0 Å². The lowest BCUT2D eigenvalue weighted by molar-refractivity contribution is 0.0757. The van der Waals surface area contributed by atoms with Crippen molar-refractivity contribution in [1.29, 1.82) is 0 Å². The van der Waals surface area contributed by atoms with E-state index in [1.54, 1.807) is 42.4 Å². The van der Waals surface area contributed by atoms with Gasteiger partial charge in [-0.25, -0.2) is 4.79 Å². The molecule has 2 aliphatic heterocycles. The molecule has 48 heavy (non-hydrogen) atoms. The molecule has 5 rings (SSSR count). The summed E-state index contributed by atoms with van der Waals surface area (Å²) in [6.45, 7) is 4.79. The Bertz CT molecular complexity index is 1580. The van der Waals surface area contributed by atoms with Crippen LogP contribution in [-0.2, 0) is 11.4 Å². The monoisotopic (exact) mass is 732 g/mol. The number of rotatable bonds is 12. The van der Waals surface area contributed by atoms with E-state index in [0.29, 0.717) is 44.3 Å². The van der Waals surface area contributed by atoms with E-state index in [4.69, 9.17) is 51.2 Å². The number of oxime groups is 1. The molecular formula is C35H40Cl4N6O3. The smallest absolute Gasteiger partial charge is 0.320 e. The van der Waals surface area contributed by atoms with Gasteiger partial charge in [-0.15, -0.1) is 0 Å². The number of pyridine rings is 1. The van der Waals surface area contributed by atoms with Gasteiger partial charge in [-0.3, -0.25) is 9.78 Å². The van der Waals surface area contributed by atoms with Gasteiger partial charge in [0.15, 0.2) is 0 Å². The molecule has 3 heterocycles. The van der Waals surface area contributed by atoms with Gasteiger partial charge in [0.25, 0.3) is 5.91 Å². The number of benzene rings is 2. The van der Waals surface area contributed by atoms with Crippen LogP contribution in [0.2, 0.25) is 20.1 Å². The first-order valence-corrected chi connectivity index (χ1v) is 17.6. The maximum atomic E-state index is 13.5. The van der Waals surface area contributed by atoms with Crippen molar-refractivity contribution in [3.63, 3.8) is 0 Å². The van der Waals surface area contributed by atoms with Crippen LogP contribution in [0.15, 0.2) is 65.9 Å². The van der Waals surface area contributed by atoms with Gasteiger partial charge in [0.2, 0.25) is 0 Å². The van der Waals surface area contributed by atoms with Crippen molar-refractivity contribution in [2.24, 2.45) is 5.16 Å². The van der Waals surface area contributed by atoms with Crippen molar-refractivity contribution in [3.05, 3.63) is 97.7 Å². The van der Waals surface area contributed by atoms with E-state index < -0.39 is 0 Å². The number of hydrogen-bond donors (Lipinski definition) is 0. The normalized spacial score (nSPS) is 17.0. The fraction of sp³-hybridized carbons (Fsp3) is 0.429. The Morgan fingerprint density at radius 2 is 1.75 bits per heavy atom. The van der Waals surface area contributed by atoms with Gasteiger partial charge in [-0.1, -0.05) is 63.7 Å². The quantitative estimate of drug-likeness (QED) is 0.141. The number of aromatic nitrogens is 1. The van der Waals surface area contributed by atoms with Crippen LogP contribution in [0.3, 0.4) is 0 Å². The zero-order valence-corrected chi connectivity index (χ0v) is 30.1. The molecule has 0 saturated carbocycles. The zero-order valence-electron chi connectivity index (χ0n) is 27.1. The molecule has 2 aromatic carbocycles. The van der Waals surface area contributed by atoms with Crippen LogP contribution in [-0.4, -0.2) is 102 Å². The van der Waals surface area contributed by atoms with Crippen molar-refractivity contribution < 1.29 is 14.4 Å². The number of hydrogen-bond acceptors (Lipinski definition) is 6. The molecule has 9 nitrogen and oxygen atoms in total. The zero-order chi connectivity index (χ0) is 34.2. The average molecular weight is 735 g/mol. The molecule has 2 fully saturated rings. The number of halogens is 4. The Morgan fingerprint density at radius 3 is 2.42 bits per heavy atom. The van der Waals surface area contributed by atoms with Crippen molar-refractivity contribution in [2.45, 2.75) is 44.2 Å². The third-order valence-electron chi connectivity index (χ3n) is 8.97. The van der Waals surface area contributed by atoms with Gasteiger partial charge in [0.1, 0.15) is 7.11 Å². The van der Waals surface area contributed by atoms with Crippen LogP contribution in [0.1, 0.15) is 53.2 Å². The standard InChI is InChI=1S/C35H40Cl4N6O3/c1-42(34(46)25-18-26(36)21-27(37)19-25)23-33(41-48-2)30(24-7-8-31(38)32(39)20-24)11-17-43-15-9-29(10-16-43)45-14-5-13-44(35(45)47)22-28-6-3-4-12-40-28/h3-4,6-8,12,18-21,29-30H,5,9-11,13-17,22-23H2,1-2H3/b41-33+. The minimum absolute atomic E-state index is 0.101. The van der Waals surface area contributed by atoms with Gasteiger partial charge in [0.05, 0.1) is 34.5 Å². The van der Waals surface area contributed by atoms with Gasteiger partial charge < -0.3 is 24.4 Å². The Kier molecular flexibility index (Phi) is 12.8. The highest BCUT2D eigenvalue weighted by Gasteiger charge is 2.34. The summed E-state index contributed by atoms with van der Waals surface area (Å²) >= 11 is 25.1. The van der Waals surface area contributed by atoms with Crippen LogP contribution in [0.25, 0.3) is 0 Å². The van der Waals surface area contributed by atoms with E-state index in [9.17, 15) is 9.59 Å². The molecule has 2 aliphatic rings. The van der Waals surface area contributed by atoms with Crippen LogP contribution in [0, 0.1) is 0 Å². The third-order valence-corrected chi connectivity index (χ3v) is 10.1. The molecule has 1 unspecified atom stereocenters. The molecule has 1 atom stereocenters.